The van der Waals surface area contributed by atoms with Gasteiger partial charge in [0.25, 0.3) is 0 Å². The highest BCUT2D eigenvalue weighted by molar-refractivity contribution is 7.92. The van der Waals surface area contributed by atoms with Crippen molar-refractivity contribution < 1.29 is 22.4 Å². The lowest BCUT2D eigenvalue weighted by molar-refractivity contribution is -0.141. The minimum atomic E-state index is -3.56. The van der Waals surface area contributed by atoms with Crippen molar-refractivity contribution in [2.24, 2.45) is 0 Å². The van der Waals surface area contributed by atoms with Gasteiger partial charge in [0.2, 0.25) is 21.8 Å². The Labute approximate surface area is 221 Å². The fourth-order valence-corrected chi connectivity index (χ4v) is 5.19. The molecule has 7 nitrogen and oxygen atoms in total. The van der Waals surface area contributed by atoms with Crippen molar-refractivity contribution in [2.75, 3.05) is 17.1 Å². The lowest BCUT2D eigenvalue weighted by Gasteiger charge is -2.32. The molecule has 37 heavy (non-hydrogen) atoms. The Kier molecular flexibility index (Phi) is 11.1. The third-order valence-corrected chi connectivity index (χ3v) is 7.49. The maximum absolute atomic E-state index is 13.5. The predicted molar refractivity (Wildman–Crippen MR) is 146 cm³/mol. The minimum absolute atomic E-state index is 0.0366. The number of hydrogen-bond acceptors (Lipinski definition) is 4. The number of benzene rings is 2. The molecule has 0 spiro atoms. The van der Waals surface area contributed by atoms with Crippen LogP contribution in [-0.4, -0.2) is 50.0 Å². The van der Waals surface area contributed by atoms with E-state index in [1.54, 1.807) is 12.1 Å². The fourth-order valence-electron chi connectivity index (χ4n) is 4.25. The first-order valence-corrected chi connectivity index (χ1v) is 14.6. The van der Waals surface area contributed by atoms with Crippen LogP contribution in [0, 0.1) is 19.7 Å². The third-order valence-electron chi connectivity index (χ3n) is 6.30. The lowest BCUT2D eigenvalue weighted by atomic mass is 10.1. The number of aryl methyl sites for hydroxylation is 2. The SMILES string of the molecule is CCC(C)NC(=O)C(CC)N(Cc1ccc(F)cc1)C(=O)CCCN(c1cc(C)cc(C)c1)S(C)(=O)=O. The first-order chi connectivity index (χ1) is 17.3. The number of halogens is 1. The van der Waals surface area contributed by atoms with Crippen LogP contribution >= 0.6 is 0 Å². The normalized spacial score (nSPS) is 13.1. The molecule has 0 saturated heterocycles. The van der Waals surface area contributed by atoms with Gasteiger partial charge in [-0.15, -0.1) is 0 Å². The Morgan fingerprint density at radius 3 is 2.11 bits per heavy atom. The summed E-state index contributed by atoms with van der Waals surface area (Å²) in [4.78, 5) is 28.0. The molecule has 0 saturated carbocycles. The zero-order valence-electron chi connectivity index (χ0n) is 22.8. The van der Waals surface area contributed by atoms with Crippen LogP contribution in [-0.2, 0) is 26.2 Å². The van der Waals surface area contributed by atoms with Gasteiger partial charge in [-0.1, -0.05) is 32.0 Å². The first-order valence-electron chi connectivity index (χ1n) is 12.8. The van der Waals surface area contributed by atoms with Crippen LogP contribution in [0.1, 0.15) is 63.1 Å². The van der Waals surface area contributed by atoms with Crippen LogP contribution in [0.4, 0.5) is 10.1 Å². The molecular weight excluding hydrogens is 493 g/mol. The average molecular weight is 534 g/mol. The van der Waals surface area contributed by atoms with Gasteiger partial charge < -0.3 is 10.2 Å². The minimum Gasteiger partial charge on any atom is -0.352 e. The van der Waals surface area contributed by atoms with Crippen LogP contribution in [0.2, 0.25) is 0 Å². The molecule has 9 heteroatoms. The number of sulfonamides is 1. The Morgan fingerprint density at radius 1 is 1.00 bits per heavy atom. The van der Waals surface area contributed by atoms with E-state index < -0.39 is 16.1 Å². The van der Waals surface area contributed by atoms with Crippen molar-refractivity contribution in [2.45, 2.75) is 78.9 Å². The summed E-state index contributed by atoms with van der Waals surface area (Å²) in [5.41, 5.74) is 3.17. The van der Waals surface area contributed by atoms with Crippen LogP contribution in [0.15, 0.2) is 42.5 Å². The zero-order chi connectivity index (χ0) is 27.8. The van der Waals surface area contributed by atoms with Crippen molar-refractivity contribution in [1.82, 2.24) is 10.2 Å². The van der Waals surface area contributed by atoms with Gasteiger partial charge in [0.15, 0.2) is 0 Å². The molecule has 0 aromatic heterocycles. The van der Waals surface area contributed by atoms with Crippen molar-refractivity contribution >= 4 is 27.5 Å². The summed E-state index contributed by atoms with van der Waals surface area (Å²) in [6.45, 7) is 9.82. The van der Waals surface area contributed by atoms with E-state index in [0.29, 0.717) is 17.7 Å². The largest absolute Gasteiger partial charge is 0.352 e. The fraction of sp³-hybridized carbons (Fsp3) is 0.500. The maximum atomic E-state index is 13.5. The van der Waals surface area contributed by atoms with Gasteiger partial charge in [0.1, 0.15) is 11.9 Å². The van der Waals surface area contributed by atoms with E-state index in [4.69, 9.17) is 0 Å². The number of carbonyl (C=O) groups excluding carboxylic acids is 2. The molecule has 2 aromatic carbocycles. The number of nitrogens with one attached hydrogen (secondary N) is 1. The highest BCUT2D eigenvalue weighted by Crippen LogP contribution is 2.22. The van der Waals surface area contributed by atoms with Gasteiger partial charge in [0, 0.05) is 25.6 Å². The molecule has 0 aliphatic heterocycles. The Bertz CT molecular complexity index is 1150. The van der Waals surface area contributed by atoms with Crippen LogP contribution in [0.5, 0.6) is 0 Å². The number of nitrogens with zero attached hydrogens (tertiary/aromatic N) is 2. The van der Waals surface area contributed by atoms with E-state index in [0.717, 1.165) is 23.8 Å². The number of carbonyl (C=O) groups is 2. The second-order valence-corrected chi connectivity index (χ2v) is 11.6. The van der Waals surface area contributed by atoms with E-state index in [2.05, 4.69) is 5.32 Å². The van der Waals surface area contributed by atoms with E-state index in [9.17, 15) is 22.4 Å². The molecule has 2 amide bonds. The van der Waals surface area contributed by atoms with Gasteiger partial charge in [-0.2, -0.15) is 0 Å². The molecular formula is C28H40FN3O4S. The summed E-state index contributed by atoms with van der Waals surface area (Å²) in [6.07, 6.45) is 2.66. The van der Waals surface area contributed by atoms with Crippen molar-refractivity contribution in [1.29, 1.82) is 0 Å². The van der Waals surface area contributed by atoms with E-state index in [1.165, 1.54) is 21.3 Å². The maximum Gasteiger partial charge on any atom is 0.243 e. The van der Waals surface area contributed by atoms with Crippen molar-refractivity contribution in [3.05, 3.63) is 65.0 Å². The smallest absolute Gasteiger partial charge is 0.243 e. The summed E-state index contributed by atoms with van der Waals surface area (Å²) in [6, 6.07) is 10.7. The molecule has 0 aliphatic carbocycles. The second-order valence-electron chi connectivity index (χ2n) is 9.67. The second kappa shape index (κ2) is 13.6. The lowest BCUT2D eigenvalue weighted by Crippen LogP contribution is -2.50. The number of amides is 2. The monoisotopic (exact) mass is 533 g/mol. The zero-order valence-corrected chi connectivity index (χ0v) is 23.6. The Hall–Kier alpha value is -2.94. The molecule has 0 bridgehead atoms. The van der Waals surface area contributed by atoms with Gasteiger partial charge in [-0.25, -0.2) is 12.8 Å². The summed E-state index contributed by atoms with van der Waals surface area (Å²) in [7, 11) is -3.56. The van der Waals surface area contributed by atoms with Gasteiger partial charge in [-0.05, 0) is 81.0 Å². The number of hydrogen-bond donors (Lipinski definition) is 1. The summed E-state index contributed by atoms with van der Waals surface area (Å²) in [5.74, 6) is -0.875. The molecule has 204 valence electrons. The van der Waals surface area contributed by atoms with E-state index in [-0.39, 0.29) is 49.6 Å². The van der Waals surface area contributed by atoms with E-state index in [1.807, 2.05) is 52.8 Å². The van der Waals surface area contributed by atoms with Crippen molar-refractivity contribution in [3.8, 4) is 0 Å². The average Bonchev–Trinajstić information content (AvgIpc) is 2.81. The summed E-state index contributed by atoms with van der Waals surface area (Å²) < 4.78 is 39.9. The molecule has 2 rings (SSSR count). The molecule has 1 N–H and O–H groups in total. The number of rotatable bonds is 13. The Morgan fingerprint density at radius 2 is 1.59 bits per heavy atom. The topological polar surface area (TPSA) is 86.8 Å². The molecule has 0 radical (unpaired) electrons. The molecule has 0 heterocycles. The van der Waals surface area contributed by atoms with Gasteiger partial charge in [-0.3, -0.25) is 13.9 Å². The van der Waals surface area contributed by atoms with Crippen molar-refractivity contribution in [3.63, 3.8) is 0 Å². The van der Waals surface area contributed by atoms with Gasteiger partial charge >= 0.3 is 0 Å². The standard InChI is InChI=1S/C28H40FN3O4S/c1-7-22(5)30-28(34)26(8-2)31(19-23-11-13-24(29)14-12-23)27(33)10-9-15-32(37(6,35)36)25-17-20(3)16-21(4)18-25/h11-14,16-18,22,26H,7-10,15,19H2,1-6H3,(H,30,34). The first kappa shape index (κ1) is 30.3. The van der Waals surface area contributed by atoms with Crippen LogP contribution < -0.4 is 9.62 Å². The van der Waals surface area contributed by atoms with Crippen LogP contribution in [0.25, 0.3) is 0 Å². The van der Waals surface area contributed by atoms with Crippen LogP contribution in [0.3, 0.4) is 0 Å². The molecule has 2 unspecified atom stereocenters. The summed E-state index contributed by atoms with van der Waals surface area (Å²) >= 11 is 0. The predicted octanol–water partition coefficient (Wildman–Crippen LogP) is 4.71. The highest BCUT2D eigenvalue weighted by Gasteiger charge is 2.29. The molecule has 0 aliphatic rings. The quantitative estimate of drug-likeness (QED) is 0.404. The number of anilines is 1. The molecule has 2 aromatic rings. The Balaban J connectivity index is 2.24. The highest BCUT2D eigenvalue weighted by atomic mass is 32.2. The van der Waals surface area contributed by atoms with E-state index >= 15 is 0 Å². The molecule has 2 atom stereocenters. The summed E-state index contributed by atoms with van der Waals surface area (Å²) in [5, 5.41) is 2.96. The molecule has 0 fully saturated rings. The third kappa shape index (κ3) is 9.14. The van der Waals surface area contributed by atoms with Gasteiger partial charge in [0.05, 0.1) is 11.9 Å².